The van der Waals surface area contributed by atoms with Gasteiger partial charge in [0.05, 0.1) is 7.11 Å². The Morgan fingerprint density at radius 3 is 2.72 bits per heavy atom. The number of hydrogen-bond donors (Lipinski definition) is 1. The molecule has 1 saturated heterocycles. The normalized spacial score (nSPS) is 15.3. The summed E-state index contributed by atoms with van der Waals surface area (Å²) in [6, 6.07) is 6.01. The fourth-order valence-corrected chi connectivity index (χ4v) is 2.18. The summed E-state index contributed by atoms with van der Waals surface area (Å²) in [5, 5.41) is 0. The number of carbonyl (C=O) groups excluding carboxylic acids is 1. The smallest absolute Gasteiger partial charge is 0.241 e. The number of benzene rings is 1. The van der Waals surface area contributed by atoms with E-state index in [1.165, 1.54) is 24.6 Å². The topological polar surface area (TPSA) is 55.6 Å². The molecule has 96 valence electrons. The number of rotatable bonds is 4. The van der Waals surface area contributed by atoms with Crippen LogP contribution in [0.3, 0.4) is 0 Å². The van der Waals surface area contributed by atoms with Crippen molar-refractivity contribution >= 4 is 17.7 Å². The molecule has 2 rings (SSSR count). The maximum absolute atomic E-state index is 10.7. The summed E-state index contributed by atoms with van der Waals surface area (Å²) < 4.78 is 5.35. The SMILES string of the molecule is COc1cc(N2CCCC2)ccc1/C=C\C(N)=O. The van der Waals surface area contributed by atoms with Gasteiger partial charge in [-0.05, 0) is 31.1 Å². The molecule has 1 aliphatic rings. The van der Waals surface area contributed by atoms with Gasteiger partial charge in [-0.2, -0.15) is 0 Å². The average molecular weight is 246 g/mol. The van der Waals surface area contributed by atoms with Crippen molar-refractivity contribution in [2.45, 2.75) is 12.8 Å². The molecule has 1 fully saturated rings. The molecular weight excluding hydrogens is 228 g/mol. The molecule has 1 aliphatic heterocycles. The summed E-state index contributed by atoms with van der Waals surface area (Å²) in [6.45, 7) is 2.19. The summed E-state index contributed by atoms with van der Waals surface area (Å²) in [6.07, 6.45) is 5.50. The first-order chi connectivity index (χ1) is 8.70. The van der Waals surface area contributed by atoms with Gasteiger partial charge in [-0.15, -0.1) is 0 Å². The van der Waals surface area contributed by atoms with Gasteiger partial charge >= 0.3 is 0 Å². The Kier molecular flexibility index (Phi) is 3.87. The van der Waals surface area contributed by atoms with E-state index in [1.54, 1.807) is 13.2 Å². The van der Waals surface area contributed by atoms with E-state index >= 15 is 0 Å². The Hall–Kier alpha value is -1.97. The first kappa shape index (κ1) is 12.5. The second-order valence-corrected chi connectivity index (χ2v) is 4.36. The van der Waals surface area contributed by atoms with Crippen LogP contribution in [0.25, 0.3) is 6.08 Å². The van der Waals surface area contributed by atoms with Crippen molar-refractivity contribution in [1.29, 1.82) is 0 Å². The number of primary amides is 1. The van der Waals surface area contributed by atoms with Crippen molar-refractivity contribution in [3.05, 3.63) is 29.8 Å². The molecule has 4 nitrogen and oxygen atoms in total. The lowest BCUT2D eigenvalue weighted by Crippen LogP contribution is -2.17. The molecule has 0 atom stereocenters. The van der Waals surface area contributed by atoms with Gasteiger partial charge in [-0.1, -0.05) is 0 Å². The van der Waals surface area contributed by atoms with E-state index in [9.17, 15) is 4.79 Å². The Morgan fingerprint density at radius 1 is 1.39 bits per heavy atom. The first-order valence-corrected chi connectivity index (χ1v) is 6.11. The summed E-state index contributed by atoms with van der Waals surface area (Å²) >= 11 is 0. The fourth-order valence-electron chi connectivity index (χ4n) is 2.18. The molecule has 1 aromatic carbocycles. The van der Waals surface area contributed by atoms with E-state index in [0.717, 1.165) is 24.4 Å². The third-order valence-corrected chi connectivity index (χ3v) is 3.12. The highest BCUT2D eigenvalue weighted by molar-refractivity contribution is 5.90. The lowest BCUT2D eigenvalue weighted by Gasteiger charge is -2.19. The Morgan fingerprint density at radius 2 is 2.11 bits per heavy atom. The zero-order chi connectivity index (χ0) is 13.0. The van der Waals surface area contributed by atoms with E-state index in [4.69, 9.17) is 10.5 Å². The largest absolute Gasteiger partial charge is 0.496 e. The number of ether oxygens (including phenoxy) is 1. The van der Waals surface area contributed by atoms with Crippen LogP contribution >= 0.6 is 0 Å². The number of anilines is 1. The molecule has 2 N–H and O–H groups in total. The minimum absolute atomic E-state index is 0.458. The zero-order valence-corrected chi connectivity index (χ0v) is 10.6. The van der Waals surface area contributed by atoms with Crippen LogP contribution in [0.2, 0.25) is 0 Å². The molecule has 1 aromatic rings. The van der Waals surface area contributed by atoms with Gasteiger partial charge in [0.25, 0.3) is 0 Å². The minimum atomic E-state index is -0.458. The molecule has 0 saturated carbocycles. The van der Waals surface area contributed by atoms with Crippen molar-refractivity contribution in [2.75, 3.05) is 25.1 Å². The van der Waals surface area contributed by atoms with Crippen LogP contribution in [0.4, 0.5) is 5.69 Å². The Bertz CT molecular complexity index is 463. The van der Waals surface area contributed by atoms with E-state index in [0.29, 0.717) is 0 Å². The van der Waals surface area contributed by atoms with Gasteiger partial charge in [-0.25, -0.2) is 0 Å². The van der Waals surface area contributed by atoms with Crippen LogP contribution in [0, 0.1) is 0 Å². The number of methoxy groups -OCH3 is 1. The number of amides is 1. The molecule has 18 heavy (non-hydrogen) atoms. The van der Waals surface area contributed by atoms with Crippen molar-refractivity contribution in [1.82, 2.24) is 0 Å². The lowest BCUT2D eigenvalue weighted by atomic mass is 10.1. The van der Waals surface area contributed by atoms with Crippen molar-refractivity contribution in [3.63, 3.8) is 0 Å². The van der Waals surface area contributed by atoms with Crippen LogP contribution in [0.15, 0.2) is 24.3 Å². The van der Waals surface area contributed by atoms with Crippen LogP contribution in [0.5, 0.6) is 5.75 Å². The van der Waals surface area contributed by atoms with Gasteiger partial charge in [-0.3, -0.25) is 4.79 Å². The third-order valence-electron chi connectivity index (χ3n) is 3.12. The maximum Gasteiger partial charge on any atom is 0.241 e. The molecule has 0 aromatic heterocycles. The number of nitrogens with two attached hydrogens (primary N) is 1. The molecule has 0 radical (unpaired) electrons. The summed E-state index contributed by atoms with van der Waals surface area (Å²) in [4.78, 5) is 13.1. The number of nitrogens with zero attached hydrogens (tertiary/aromatic N) is 1. The average Bonchev–Trinajstić information content (AvgIpc) is 2.90. The Labute approximate surface area is 107 Å². The van der Waals surface area contributed by atoms with Crippen molar-refractivity contribution in [2.24, 2.45) is 5.73 Å². The molecule has 4 heteroatoms. The van der Waals surface area contributed by atoms with E-state index in [2.05, 4.69) is 11.0 Å². The summed E-state index contributed by atoms with van der Waals surface area (Å²) in [5.41, 5.74) is 7.11. The summed E-state index contributed by atoms with van der Waals surface area (Å²) in [7, 11) is 1.63. The van der Waals surface area contributed by atoms with Crippen LogP contribution in [-0.4, -0.2) is 26.1 Å². The highest BCUT2D eigenvalue weighted by Gasteiger charge is 2.13. The molecule has 0 bridgehead atoms. The standard InChI is InChI=1S/C14H18N2O2/c1-18-13-10-12(16-8-2-3-9-16)6-4-11(13)5-7-14(15)17/h4-7,10H,2-3,8-9H2,1H3,(H2,15,17)/b7-5-. The van der Waals surface area contributed by atoms with Crippen LogP contribution in [-0.2, 0) is 4.79 Å². The van der Waals surface area contributed by atoms with Crippen molar-refractivity contribution < 1.29 is 9.53 Å². The maximum atomic E-state index is 10.7. The van der Waals surface area contributed by atoms with Crippen LogP contribution < -0.4 is 15.4 Å². The van der Waals surface area contributed by atoms with Crippen molar-refractivity contribution in [3.8, 4) is 5.75 Å². The second kappa shape index (κ2) is 5.58. The lowest BCUT2D eigenvalue weighted by molar-refractivity contribution is -0.113. The van der Waals surface area contributed by atoms with Gasteiger partial charge in [0.1, 0.15) is 5.75 Å². The predicted octanol–water partition coefficient (Wildman–Crippen LogP) is 1.79. The minimum Gasteiger partial charge on any atom is -0.496 e. The molecule has 0 aliphatic carbocycles. The highest BCUT2D eigenvalue weighted by atomic mass is 16.5. The van der Waals surface area contributed by atoms with Gasteiger partial charge in [0, 0.05) is 36.5 Å². The van der Waals surface area contributed by atoms with E-state index in [-0.39, 0.29) is 0 Å². The van der Waals surface area contributed by atoms with Gasteiger partial charge in [0.15, 0.2) is 0 Å². The molecule has 1 amide bonds. The second-order valence-electron chi connectivity index (χ2n) is 4.36. The predicted molar refractivity (Wildman–Crippen MR) is 72.7 cm³/mol. The van der Waals surface area contributed by atoms with E-state index in [1.807, 2.05) is 12.1 Å². The molecular formula is C14H18N2O2. The van der Waals surface area contributed by atoms with Gasteiger partial charge < -0.3 is 15.4 Å². The molecule has 0 spiro atoms. The Balaban J connectivity index is 2.24. The summed E-state index contributed by atoms with van der Waals surface area (Å²) in [5.74, 6) is 0.303. The number of carbonyl (C=O) groups is 1. The fraction of sp³-hybridized carbons (Fsp3) is 0.357. The molecule has 0 unspecified atom stereocenters. The highest BCUT2D eigenvalue weighted by Crippen LogP contribution is 2.28. The first-order valence-electron chi connectivity index (χ1n) is 6.11. The number of hydrogen-bond acceptors (Lipinski definition) is 3. The van der Waals surface area contributed by atoms with E-state index < -0.39 is 5.91 Å². The third kappa shape index (κ3) is 2.83. The zero-order valence-electron chi connectivity index (χ0n) is 10.6. The monoisotopic (exact) mass is 246 g/mol. The quantitative estimate of drug-likeness (QED) is 0.824. The molecule has 1 heterocycles. The van der Waals surface area contributed by atoms with Crippen LogP contribution in [0.1, 0.15) is 18.4 Å². The van der Waals surface area contributed by atoms with Gasteiger partial charge in [0.2, 0.25) is 5.91 Å².